The van der Waals surface area contributed by atoms with E-state index >= 15 is 0 Å². The molecule has 0 spiro atoms. The second-order valence-electron chi connectivity index (χ2n) is 7.88. The predicted molar refractivity (Wildman–Crippen MR) is 125 cm³/mol. The van der Waals surface area contributed by atoms with Gasteiger partial charge in [0.25, 0.3) is 10.0 Å². The third kappa shape index (κ3) is 6.67. The van der Waals surface area contributed by atoms with Crippen molar-refractivity contribution in [1.82, 2.24) is 10.2 Å². The summed E-state index contributed by atoms with van der Waals surface area (Å²) in [5.41, 5.74) is 0.125. The fourth-order valence-corrected chi connectivity index (χ4v) is 5.36. The lowest BCUT2D eigenvalue weighted by Gasteiger charge is -2.24. The number of amides is 1. The Bertz CT molecular complexity index is 997. The number of anilines is 1. The van der Waals surface area contributed by atoms with Gasteiger partial charge in [-0.05, 0) is 69.2 Å². The first-order valence-corrected chi connectivity index (χ1v) is 12.7. The fraction of sp³-hybridized carbons (Fsp3) is 0.435. The molecule has 1 aliphatic heterocycles. The van der Waals surface area contributed by atoms with Gasteiger partial charge in [-0.1, -0.05) is 42.6 Å². The van der Waals surface area contributed by atoms with E-state index in [9.17, 15) is 17.6 Å². The highest BCUT2D eigenvalue weighted by Gasteiger charge is 2.27. The minimum Gasteiger partial charge on any atom is -0.354 e. The summed E-state index contributed by atoms with van der Waals surface area (Å²) < 4.78 is 41.1. The van der Waals surface area contributed by atoms with Crippen molar-refractivity contribution in [2.45, 2.75) is 37.0 Å². The van der Waals surface area contributed by atoms with Crippen LogP contribution in [0.4, 0.5) is 10.1 Å². The summed E-state index contributed by atoms with van der Waals surface area (Å²) in [6.07, 6.45) is 5.75. The van der Waals surface area contributed by atoms with E-state index < -0.39 is 28.3 Å². The van der Waals surface area contributed by atoms with Crippen molar-refractivity contribution in [3.63, 3.8) is 0 Å². The topological polar surface area (TPSA) is 69.7 Å². The summed E-state index contributed by atoms with van der Waals surface area (Å²) in [6.45, 7) is 3.10. The Kier molecular flexibility index (Phi) is 8.90. The molecule has 2 aromatic rings. The number of carbonyl (C=O) groups is 1. The molecule has 6 nitrogen and oxygen atoms in total. The molecule has 1 amide bonds. The van der Waals surface area contributed by atoms with Crippen LogP contribution < -0.4 is 9.62 Å². The minimum atomic E-state index is -4.05. The van der Waals surface area contributed by atoms with Gasteiger partial charge in [0.2, 0.25) is 5.91 Å². The van der Waals surface area contributed by atoms with Crippen LogP contribution in [0, 0.1) is 5.82 Å². The predicted octanol–water partition coefficient (Wildman–Crippen LogP) is 4.06. The molecule has 2 aromatic carbocycles. The molecule has 1 fully saturated rings. The van der Waals surface area contributed by atoms with Crippen LogP contribution in [0.15, 0.2) is 53.4 Å². The van der Waals surface area contributed by atoms with E-state index in [2.05, 4.69) is 10.2 Å². The highest BCUT2D eigenvalue weighted by atomic mass is 35.5. The van der Waals surface area contributed by atoms with Gasteiger partial charge in [-0.25, -0.2) is 12.8 Å². The average molecular weight is 482 g/mol. The summed E-state index contributed by atoms with van der Waals surface area (Å²) in [5.74, 6) is -1.09. The van der Waals surface area contributed by atoms with Crippen molar-refractivity contribution >= 4 is 33.2 Å². The van der Waals surface area contributed by atoms with Crippen LogP contribution in [0.2, 0.25) is 5.02 Å². The van der Waals surface area contributed by atoms with E-state index in [4.69, 9.17) is 11.6 Å². The third-order valence-electron chi connectivity index (χ3n) is 5.48. The number of carbonyl (C=O) groups excluding carboxylic acids is 1. The van der Waals surface area contributed by atoms with Gasteiger partial charge in [-0.2, -0.15) is 0 Å². The molecule has 0 atom stereocenters. The number of hydrogen-bond acceptors (Lipinski definition) is 4. The van der Waals surface area contributed by atoms with Crippen LogP contribution in [0.1, 0.15) is 32.1 Å². The first-order valence-electron chi connectivity index (χ1n) is 10.9. The summed E-state index contributed by atoms with van der Waals surface area (Å²) in [5, 5.41) is 2.59. The number of halogens is 2. The first kappa shape index (κ1) is 24.5. The standard InChI is InChI=1S/C23H29ClFN3O3S/c24-21-17-19(11-12-22(21)25)28(32(30,31)20-9-4-3-5-10-20)18-23(29)26-13-8-16-27-14-6-1-2-7-15-27/h3-5,9-12,17H,1-2,6-8,13-16,18H2,(H,26,29). The van der Waals surface area contributed by atoms with Crippen molar-refractivity contribution in [3.05, 3.63) is 59.4 Å². The van der Waals surface area contributed by atoms with E-state index in [0.29, 0.717) is 6.54 Å². The monoisotopic (exact) mass is 481 g/mol. The molecule has 3 rings (SSSR count). The lowest BCUT2D eigenvalue weighted by atomic mass is 10.2. The van der Waals surface area contributed by atoms with Gasteiger partial charge < -0.3 is 10.2 Å². The number of nitrogens with one attached hydrogen (secondary N) is 1. The van der Waals surface area contributed by atoms with Crippen LogP contribution in [-0.2, 0) is 14.8 Å². The zero-order valence-corrected chi connectivity index (χ0v) is 19.5. The molecule has 0 saturated carbocycles. The van der Waals surface area contributed by atoms with Crippen LogP contribution in [0.5, 0.6) is 0 Å². The number of nitrogens with zero attached hydrogens (tertiary/aromatic N) is 2. The average Bonchev–Trinajstić information content (AvgIpc) is 3.06. The molecule has 1 saturated heterocycles. The van der Waals surface area contributed by atoms with E-state index in [1.165, 1.54) is 49.9 Å². The Hall–Kier alpha value is -2.16. The van der Waals surface area contributed by atoms with E-state index in [0.717, 1.165) is 36.4 Å². The normalized spacial score (nSPS) is 15.2. The second-order valence-corrected chi connectivity index (χ2v) is 10.2. The van der Waals surface area contributed by atoms with Crippen LogP contribution in [0.25, 0.3) is 0 Å². The fourth-order valence-electron chi connectivity index (χ4n) is 3.75. The Balaban J connectivity index is 1.67. The highest BCUT2D eigenvalue weighted by Crippen LogP contribution is 2.27. The maximum absolute atomic E-state index is 13.6. The summed E-state index contributed by atoms with van der Waals surface area (Å²) >= 11 is 5.88. The van der Waals surface area contributed by atoms with Gasteiger partial charge in [-0.3, -0.25) is 9.10 Å². The van der Waals surface area contributed by atoms with Gasteiger partial charge in [0, 0.05) is 6.54 Å². The van der Waals surface area contributed by atoms with Gasteiger partial charge >= 0.3 is 0 Å². The zero-order chi connectivity index (χ0) is 23.0. The summed E-state index contributed by atoms with van der Waals surface area (Å²) in [6, 6.07) is 11.4. The smallest absolute Gasteiger partial charge is 0.264 e. The maximum atomic E-state index is 13.6. The Morgan fingerprint density at radius 2 is 1.75 bits per heavy atom. The van der Waals surface area contributed by atoms with Crippen molar-refractivity contribution in [1.29, 1.82) is 0 Å². The Morgan fingerprint density at radius 1 is 1.06 bits per heavy atom. The van der Waals surface area contributed by atoms with E-state index in [1.54, 1.807) is 18.2 Å². The molecule has 0 radical (unpaired) electrons. The third-order valence-corrected chi connectivity index (χ3v) is 7.56. The van der Waals surface area contributed by atoms with Crippen LogP contribution >= 0.6 is 11.6 Å². The molecule has 174 valence electrons. The van der Waals surface area contributed by atoms with Crippen molar-refractivity contribution in [2.24, 2.45) is 0 Å². The highest BCUT2D eigenvalue weighted by molar-refractivity contribution is 7.92. The lowest BCUT2D eigenvalue weighted by Crippen LogP contribution is -2.41. The molecule has 0 bridgehead atoms. The number of sulfonamides is 1. The lowest BCUT2D eigenvalue weighted by molar-refractivity contribution is -0.119. The van der Waals surface area contributed by atoms with Crippen molar-refractivity contribution in [3.8, 4) is 0 Å². The Labute approximate surface area is 194 Å². The first-order chi connectivity index (χ1) is 15.4. The molecule has 1 N–H and O–H groups in total. The molecule has 1 heterocycles. The van der Waals surface area contributed by atoms with Crippen LogP contribution in [-0.4, -0.2) is 51.9 Å². The van der Waals surface area contributed by atoms with Crippen LogP contribution in [0.3, 0.4) is 0 Å². The molecule has 9 heteroatoms. The molecule has 0 unspecified atom stereocenters. The minimum absolute atomic E-state index is 0.0365. The van der Waals surface area contributed by atoms with Gasteiger partial charge in [0.15, 0.2) is 0 Å². The molecular weight excluding hydrogens is 453 g/mol. The summed E-state index contributed by atoms with van der Waals surface area (Å²) in [7, 11) is -4.05. The quantitative estimate of drug-likeness (QED) is 0.548. The Morgan fingerprint density at radius 3 is 2.41 bits per heavy atom. The molecule has 0 aromatic heterocycles. The summed E-state index contributed by atoms with van der Waals surface area (Å²) in [4.78, 5) is 15.1. The molecule has 32 heavy (non-hydrogen) atoms. The molecule has 1 aliphatic rings. The van der Waals surface area contributed by atoms with E-state index in [-0.39, 0.29) is 15.6 Å². The number of benzene rings is 2. The number of hydrogen-bond donors (Lipinski definition) is 1. The van der Waals surface area contributed by atoms with E-state index in [1.807, 2.05) is 0 Å². The second kappa shape index (κ2) is 11.6. The number of rotatable bonds is 9. The number of likely N-dealkylation sites (tertiary alicyclic amines) is 1. The largest absolute Gasteiger partial charge is 0.354 e. The van der Waals surface area contributed by atoms with Crippen molar-refractivity contribution in [2.75, 3.05) is 37.0 Å². The molecular formula is C23H29ClFN3O3S. The van der Waals surface area contributed by atoms with Gasteiger partial charge in [-0.15, -0.1) is 0 Å². The molecule has 0 aliphatic carbocycles. The zero-order valence-electron chi connectivity index (χ0n) is 18.0. The van der Waals surface area contributed by atoms with Gasteiger partial charge in [0.1, 0.15) is 12.4 Å². The van der Waals surface area contributed by atoms with Crippen molar-refractivity contribution < 1.29 is 17.6 Å². The maximum Gasteiger partial charge on any atom is 0.264 e. The van der Waals surface area contributed by atoms with Gasteiger partial charge in [0.05, 0.1) is 15.6 Å². The SMILES string of the molecule is O=C(CN(c1ccc(F)c(Cl)c1)S(=O)(=O)c1ccccc1)NCCCN1CCCCCC1.